The molecule has 0 unspecified atom stereocenters. The van der Waals surface area contributed by atoms with Gasteiger partial charge in [-0.15, -0.1) is 0 Å². The molecule has 3 rings (SSSR count). The minimum atomic E-state index is 0.239. The number of phenolic OH excluding ortho intramolecular Hbond substituents is 1. The van der Waals surface area contributed by atoms with Gasteiger partial charge in [-0.3, -0.25) is 4.98 Å². The van der Waals surface area contributed by atoms with E-state index in [1.54, 1.807) is 18.3 Å². The summed E-state index contributed by atoms with van der Waals surface area (Å²) < 4.78 is 1.45. The van der Waals surface area contributed by atoms with E-state index in [1.165, 1.54) is 27.7 Å². The van der Waals surface area contributed by atoms with Gasteiger partial charge in [0, 0.05) is 11.6 Å². The second-order valence-corrected chi connectivity index (χ2v) is 5.67. The summed E-state index contributed by atoms with van der Waals surface area (Å²) in [6, 6.07) is 19.6. The Hall–Kier alpha value is -1.48. The van der Waals surface area contributed by atoms with Gasteiger partial charge in [-0.25, -0.2) is 0 Å². The third kappa shape index (κ3) is 3.50. The zero-order chi connectivity index (χ0) is 12.8. The summed E-state index contributed by atoms with van der Waals surface area (Å²) in [5.74, 6) is 0.239. The van der Waals surface area contributed by atoms with Crippen molar-refractivity contribution in [3.63, 3.8) is 0 Å². The predicted octanol–water partition coefficient (Wildman–Crippen LogP) is 2.42. The molecule has 3 heteroatoms. The molecular weight excluding hydrogens is 325 g/mol. The number of benzene rings is 2. The van der Waals surface area contributed by atoms with Gasteiger partial charge in [0.2, 0.25) is 0 Å². The average molecular weight is 337 g/mol. The van der Waals surface area contributed by atoms with E-state index in [9.17, 15) is 5.11 Å². The summed E-state index contributed by atoms with van der Waals surface area (Å²) in [5.41, 5.74) is 0.662. The van der Waals surface area contributed by atoms with Crippen molar-refractivity contribution in [2.75, 3.05) is 0 Å². The van der Waals surface area contributed by atoms with E-state index >= 15 is 0 Å². The summed E-state index contributed by atoms with van der Waals surface area (Å²) in [6.45, 7) is 0. The maximum atomic E-state index is 9.31. The Morgan fingerprint density at radius 1 is 0.833 bits per heavy atom. The van der Waals surface area contributed by atoms with Crippen molar-refractivity contribution in [2.24, 2.45) is 0 Å². The van der Waals surface area contributed by atoms with Crippen LogP contribution in [0.25, 0.3) is 10.9 Å². The van der Waals surface area contributed by atoms with Crippen molar-refractivity contribution in [3.05, 3.63) is 66.9 Å². The average Bonchev–Trinajstić information content (AvgIpc) is 2.41. The van der Waals surface area contributed by atoms with Gasteiger partial charge in [0.15, 0.2) is 0 Å². The Kier molecular flexibility index (Phi) is 4.65. The quantitative estimate of drug-likeness (QED) is 0.684. The van der Waals surface area contributed by atoms with E-state index in [-0.39, 0.29) is 5.75 Å². The molecule has 0 saturated heterocycles. The molecule has 1 aromatic heterocycles. The molecule has 1 N–H and O–H groups in total. The van der Waals surface area contributed by atoms with Crippen LogP contribution < -0.4 is 3.32 Å². The summed E-state index contributed by atoms with van der Waals surface area (Å²) in [7, 11) is 0. The van der Waals surface area contributed by atoms with Crippen molar-refractivity contribution in [1.82, 2.24) is 4.98 Å². The molecule has 0 aliphatic carbocycles. The van der Waals surface area contributed by atoms with E-state index in [1.807, 2.05) is 24.3 Å². The van der Waals surface area contributed by atoms with E-state index < -0.39 is 0 Å². The van der Waals surface area contributed by atoms with Crippen LogP contribution in [0.2, 0.25) is 0 Å². The molecule has 0 fully saturated rings. The van der Waals surface area contributed by atoms with Gasteiger partial charge < -0.3 is 5.11 Å². The summed E-state index contributed by atoms with van der Waals surface area (Å²) in [4.78, 5) is 4.03. The SMILES string of the molecule is Oc1cccc2cccnc12.[In][c]1ccccc1. The fourth-order valence-corrected chi connectivity index (χ4v) is 2.18. The molecule has 0 amide bonds. The second-order valence-electron chi connectivity index (χ2n) is 3.76. The van der Waals surface area contributed by atoms with Gasteiger partial charge >= 0.3 is 58.0 Å². The Bertz CT molecular complexity index is 620. The molecule has 2 nitrogen and oxygen atoms in total. The maximum absolute atomic E-state index is 9.31. The van der Waals surface area contributed by atoms with Crippen LogP contribution in [0.4, 0.5) is 0 Å². The molecule has 0 saturated carbocycles. The molecule has 18 heavy (non-hydrogen) atoms. The zero-order valence-electron chi connectivity index (χ0n) is 9.82. The second kappa shape index (κ2) is 6.45. The first-order valence-corrected chi connectivity index (χ1v) is 7.25. The molecule has 0 spiro atoms. The molecule has 2 aromatic carbocycles. The number of para-hydroxylation sites is 1. The molecular formula is C15H12InNO. The normalized spacial score (nSPS) is 9.56. The van der Waals surface area contributed by atoms with Crippen LogP contribution in [0.1, 0.15) is 0 Å². The molecule has 1 heterocycles. The number of rotatable bonds is 0. The van der Waals surface area contributed by atoms with Crippen LogP contribution in [0.15, 0.2) is 66.9 Å². The van der Waals surface area contributed by atoms with E-state index in [0.717, 1.165) is 5.39 Å². The fraction of sp³-hybridized carbons (Fsp3) is 0. The molecule has 0 bridgehead atoms. The molecule has 2 radical (unpaired) electrons. The number of phenols is 1. The van der Waals surface area contributed by atoms with E-state index in [0.29, 0.717) is 5.52 Å². The number of aromatic hydroxyl groups is 1. The molecule has 0 aliphatic rings. The third-order valence-electron chi connectivity index (χ3n) is 2.41. The van der Waals surface area contributed by atoms with Crippen molar-refractivity contribution < 1.29 is 5.11 Å². The van der Waals surface area contributed by atoms with Crippen LogP contribution in [0.3, 0.4) is 0 Å². The molecule has 86 valence electrons. The molecule has 0 atom stereocenters. The third-order valence-corrected chi connectivity index (χ3v) is 3.51. The van der Waals surface area contributed by atoms with Gasteiger partial charge in [0.25, 0.3) is 0 Å². The van der Waals surface area contributed by atoms with Gasteiger partial charge in [0.1, 0.15) is 11.3 Å². The number of pyridine rings is 1. The fourth-order valence-electron chi connectivity index (χ4n) is 1.54. The summed E-state index contributed by atoms with van der Waals surface area (Å²) in [6.07, 6.45) is 1.67. The first-order chi connectivity index (χ1) is 8.77. The zero-order valence-corrected chi connectivity index (χ0v) is 13.1. The van der Waals surface area contributed by atoms with Crippen molar-refractivity contribution in [1.29, 1.82) is 0 Å². The number of nitrogens with zero attached hydrogens (tertiary/aromatic N) is 1. The van der Waals surface area contributed by atoms with E-state index in [4.69, 9.17) is 0 Å². The van der Waals surface area contributed by atoms with Crippen molar-refractivity contribution in [2.45, 2.75) is 0 Å². The van der Waals surface area contributed by atoms with Crippen molar-refractivity contribution >= 4 is 38.6 Å². The van der Waals surface area contributed by atoms with Gasteiger partial charge in [-0.2, -0.15) is 0 Å². The van der Waals surface area contributed by atoms with E-state index in [2.05, 4.69) is 29.2 Å². The van der Waals surface area contributed by atoms with Crippen LogP contribution in [-0.2, 0) is 0 Å². The number of fused-ring (bicyclic) bond motifs is 1. The monoisotopic (exact) mass is 337 g/mol. The molecule has 3 aromatic rings. The summed E-state index contributed by atoms with van der Waals surface area (Å²) in [5, 5.41) is 10.3. The first kappa shape index (κ1) is 13.0. The number of hydrogen-bond donors (Lipinski definition) is 1. The van der Waals surface area contributed by atoms with Gasteiger partial charge in [0.05, 0.1) is 0 Å². The standard InChI is InChI=1S/C9H7NO.C6H5.In/c11-8-5-1-3-7-4-2-6-10-9(7)8;1-2-4-6-5-3-1;/h1-6,11H;1-5H;. The van der Waals surface area contributed by atoms with Crippen LogP contribution in [0, 0.1) is 0 Å². The number of aromatic nitrogens is 1. The Labute approximate surface area is 121 Å². The van der Waals surface area contributed by atoms with Crippen LogP contribution >= 0.6 is 0 Å². The van der Waals surface area contributed by atoms with Crippen LogP contribution in [-0.4, -0.2) is 34.5 Å². The Morgan fingerprint density at radius 2 is 1.56 bits per heavy atom. The van der Waals surface area contributed by atoms with Gasteiger partial charge in [-0.1, -0.05) is 18.2 Å². The Balaban J connectivity index is 0.000000149. The minimum absolute atomic E-state index is 0.239. The first-order valence-electron chi connectivity index (χ1n) is 5.60. The number of hydrogen-bond acceptors (Lipinski definition) is 2. The molecule has 0 aliphatic heterocycles. The predicted molar refractivity (Wildman–Crippen MR) is 75.2 cm³/mol. The Morgan fingerprint density at radius 3 is 2.17 bits per heavy atom. The van der Waals surface area contributed by atoms with Gasteiger partial charge in [-0.05, 0) is 12.1 Å². The van der Waals surface area contributed by atoms with Crippen LogP contribution in [0.5, 0.6) is 5.75 Å². The summed E-state index contributed by atoms with van der Waals surface area (Å²) >= 11 is 1.23. The topological polar surface area (TPSA) is 33.1 Å². The van der Waals surface area contributed by atoms with Crippen molar-refractivity contribution in [3.8, 4) is 5.75 Å².